The van der Waals surface area contributed by atoms with E-state index in [9.17, 15) is 4.79 Å². The standard InChI is InChI=1S/C16H17NO/c1-12-11-14(17(2)3)9-10-15(12)16(18)13-7-5-4-6-8-13/h4-11H,1-3H3. The number of hydrogen-bond donors (Lipinski definition) is 0. The summed E-state index contributed by atoms with van der Waals surface area (Å²) in [7, 11) is 3.99. The number of carbonyl (C=O) groups excluding carboxylic acids is 1. The molecule has 0 aliphatic carbocycles. The topological polar surface area (TPSA) is 20.3 Å². The zero-order valence-electron chi connectivity index (χ0n) is 11.0. The average molecular weight is 239 g/mol. The van der Waals surface area contributed by atoms with Crippen LogP contribution in [0, 0.1) is 6.92 Å². The molecule has 0 heterocycles. The largest absolute Gasteiger partial charge is 0.378 e. The van der Waals surface area contributed by atoms with Crippen LogP contribution in [0.5, 0.6) is 0 Å². The van der Waals surface area contributed by atoms with Crippen molar-refractivity contribution in [3.05, 3.63) is 65.2 Å². The lowest BCUT2D eigenvalue weighted by Crippen LogP contribution is -2.10. The minimum atomic E-state index is 0.0819. The summed E-state index contributed by atoms with van der Waals surface area (Å²) in [6.45, 7) is 1.98. The van der Waals surface area contributed by atoms with Crippen LogP contribution in [-0.2, 0) is 0 Å². The zero-order valence-corrected chi connectivity index (χ0v) is 11.0. The molecule has 0 N–H and O–H groups in total. The van der Waals surface area contributed by atoms with E-state index in [1.807, 2.05) is 74.4 Å². The summed E-state index contributed by atoms with van der Waals surface area (Å²) in [5.41, 5.74) is 3.62. The molecule has 0 bridgehead atoms. The highest BCUT2D eigenvalue weighted by atomic mass is 16.1. The minimum Gasteiger partial charge on any atom is -0.378 e. The van der Waals surface area contributed by atoms with Crippen LogP contribution >= 0.6 is 0 Å². The fraction of sp³-hybridized carbons (Fsp3) is 0.188. The van der Waals surface area contributed by atoms with E-state index in [0.29, 0.717) is 0 Å². The molecular weight excluding hydrogens is 222 g/mol. The first kappa shape index (κ1) is 12.4. The van der Waals surface area contributed by atoms with E-state index in [-0.39, 0.29) is 5.78 Å². The van der Waals surface area contributed by atoms with E-state index in [2.05, 4.69) is 0 Å². The molecule has 0 saturated carbocycles. The quantitative estimate of drug-likeness (QED) is 0.766. The Morgan fingerprint density at radius 1 is 1.00 bits per heavy atom. The first-order chi connectivity index (χ1) is 8.59. The number of ketones is 1. The van der Waals surface area contributed by atoms with Gasteiger partial charge in [-0.1, -0.05) is 30.3 Å². The third kappa shape index (κ3) is 2.43. The van der Waals surface area contributed by atoms with Gasteiger partial charge in [-0.3, -0.25) is 4.79 Å². The van der Waals surface area contributed by atoms with Gasteiger partial charge in [0.1, 0.15) is 0 Å². The highest BCUT2D eigenvalue weighted by Crippen LogP contribution is 2.20. The van der Waals surface area contributed by atoms with Gasteiger partial charge in [-0.15, -0.1) is 0 Å². The Hall–Kier alpha value is -2.09. The Balaban J connectivity index is 2.38. The Bertz CT molecular complexity index is 559. The van der Waals surface area contributed by atoms with Crippen LogP contribution in [-0.4, -0.2) is 19.9 Å². The van der Waals surface area contributed by atoms with Crippen molar-refractivity contribution >= 4 is 11.5 Å². The van der Waals surface area contributed by atoms with Crippen molar-refractivity contribution in [2.24, 2.45) is 0 Å². The summed E-state index contributed by atoms with van der Waals surface area (Å²) in [5, 5.41) is 0. The molecule has 0 fully saturated rings. The van der Waals surface area contributed by atoms with Gasteiger partial charge in [0.25, 0.3) is 0 Å². The van der Waals surface area contributed by atoms with Crippen molar-refractivity contribution in [3.63, 3.8) is 0 Å². The SMILES string of the molecule is Cc1cc(N(C)C)ccc1C(=O)c1ccccc1. The molecule has 2 heteroatoms. The van der Waals surface area contributed by atoms with E-state index < -0.39 is 0 Å². The summed E-state index contributed by atoms with van der Waals surface area (Å²) in [4.78, 5) is 14.4. The van der Waals surface area contributed by atoms with Gasteiger partial charge in [0.05, 0.1) is 0 Å². The molecule has 2 nitrogen and oxygen atoms in total. The van der Waals surface area contributed by atoms with Crippen LogP contribution in [0.4, 0.5) is 5.69 Å². The fourth-order valence-corrected chi connectivity index (χ4v) is 1.93. The maximum atomic E-state index is 12.3. The van der Waals surface area contributed by atoms with E-state index in [4.69, 9.17) is 0 Å². The second-order valence-corrected chi connectivity index (χ2v) is 4.59. The van der Waals surface area contributed by atoms with Crippen LogP contribution in [0.15, 0.2) is 48.5 Å². The van der Waals surface area contributed by atoms with E-state index >= 15 is 0 Å². The summed E-state index contributed by atoms with van der Waals surface area (Å²) in [6, 6.07) is 15.3. The number of anilines is 1. The number of aryl methyl sites for hydroxylation is 1. The molecule has 0 aromatic heterocycles. The highest BCUT2D eigenvalue weighted by Gasteiger charge is 2.11. The zero-order chi connectivity index (χ0) is 13.1. The predicted octanol–water partition coefficient (Wildman–Crippen LogP) is 3.29. The molecule has 0 amide bonds. The van der Waals surface area contributed by atoms with Crippen molar-refractivity contribution in [1.29, 1.82) is 0 Å². The molecule has 0 spiro atoms. The van der Waals surface area contributed by atoms with Crippen molar-refractivity contribution in [3.8, 4) is 0 Å². The van der Waals surface area contributed by atoms with Gasteiger partial charge in [0.15, 0.2) is 5.78 Å². The smallest absolute Gasteiger partial charge is 0.193 e. The van der Waals surface area contributed by atoms with Crippen LogP contribution in [0.1, 0.15) is 21.5 Å². The van der Waals surface area contributed by atoms with Gasteiger partial charge in [-0.05, 0) is 30.7 Å². The van der Waals surface area contributed by atoms with Crippen molar-refractivity contribution in [2.45, 2.75) is 6.92 Å². The minimum absolute atomic E-state index is 0.0819. The molecule has 0 saturated heterocycles. The Kier molecular flexibility index (Phi) is 3.47. The van der Waals surface area contributed by atoms with Gasteiger partial charge in [0.2, 0.25) is 0 Å². The maximum Gasteiger partial charge on any atom is 0.193 e. The second-order valence-electron chi connectivity index (χ2n) is 4.59. The Labute approximate surface area is 108 Å². The molecule has 0 aliphatic heterocycles. The first-order valence-electron chi connectivity index (χ1n) is 5.97. The van der Waals surface area contributed by atoms with Crippen LogP contribution < -0.4 is 4.90 Å². The summed E-state index contributed by atoms with van der Waals surface area (Å²) in [5.74, 6) is 0.0819. The number of carbonyl (C=O) groups is 1. The monoisotopic (exact) mass is 239 g/mol. The molecule has 2 aromatic carbocycles. The Morgan fingerprint density at radius 3 is 2.22 bits per heavy atom. The normalized spacial score (nSPS) is 10.2. The highest BCUT2D eigenvalue weighted by molar-refractivity contribution is 6.10. The summed E-state index contributed by atoms with van der Waals surface area (Å²) >= 11 is 0. The second kappa shape index (κ2) is 5.05. The van der Waals surface area contributed by atoms with Gasteiger partial charge >= 0.3 is 0 Å². The number of rotatable bonds is 3. The van der Waals surface area contributed by atoms with Gasteiger partial charge in [-0.2, -0.15) is 0 Å². The van der Waals surface area contributed by atoms with Gasteiger partial charge < -0.3 is 4.90 Å². The third-order valence-corrected chi connectivity index (χ3v) is 3.01. The number of nitrogens with zero attached hydrogens (tertiary/aromatic N) is 1. The molecule has 0 aliphatic rings. The van der Waals surface area contributed by atoms with Crippen molar-refractivity contribution < 1.29 is 4.79 Å². The van der Waals surface area contributed by atoms with Crippen LogP contribution in [0.2, 0.25) is 0 Å². The van der Waals surface area contributed by atoms with E-state index in [1.54, 1.807) is 0 Å². The van der Waals surface area contributed by atoms with Crippen LogP contribution in [0.25, 0.3) is 0 Å². The molecule has 0 unspecified atom stereocenters. The summed E-state index contributed by atoms with van der Waals surface area (Å²) in [6.07, 6.45) is 0. The number of benzene rings is 2. The van der Waals surface area contributed by atoms with Crippen molar-refractivity contribution in [2.75, 3.05) is 19.0 Å². The maximum absolute atomic E-state index is 12.3. The lowest BCUT2D eigenvalue weighted by Gasteiger charge is -2.14. The fourth-order valence-electron chi connectivity index (χ4n) is 1.93. The number of hydrogen-bond acceptors (Lipinski definition) is 2. The first-order valence-corrected chi connectivity index (χ1v) is 5.97. The molecule has 18 heavy (non-hydrogen) atoms. The molecule has 0 radical (unpaired) electrons. The molecule has 2 rings (SSSR count). The van der Waals surface area contributed by atoms with Gasteiger partial charge in [-0.25, -0.2) is 0 Å². The molecule has 2 aromatic rings. The molecular formula is C16H17NO. The third-order valence-electron chi connectivity index (χ3n) is 3.01. The van der Waals surface area contributed by atoms with E-state index in [1.165, 1.54) is 0 Å². The Morgan fingerprint density at radius 2 is 1.67 bits per heavy atom. The van der Waals surface area contributed by atoms with E-state index in [0.717, 1.165) is 22.4 Å². The predicted molar refractivity (Wildman–Crippen MR) is 75.4 cm³/mol. The lowest BCUT2D eigenvalue weighted by atomic mass is 9.98. The average Bonchev–Trinajstić information content (AvgIpc) is 2.38. The molecule has 92 valence electrons. The molecule has 0 atom stereocenters. The van der Waals surface area contributed by atoms with Gasteiger partial charge in [0, 0.05) is 30.9 Å². The lowest BCUT2D eigenvalue weighted by molar-refractivity contribution is 0.103. The van der Waals surface area contributed by atoms with Crippen LogP contribution in [0.3, 0.4) is 0 Å². The summed E-state index contributed by atoms with van der Waals surface area (Å²) < 4.78 is 0. The van der Waals surface area contributed by atoms with Crippen molar-refractivity contribution in [1.82, 2.24) is 0 Å².